The van der Waals surface area contributed by atoms with E-state index in [0.717, 1.165) is 0 Å². The van der Waals surface area contributed by atoms with Crippen molar-refractivity contribution in [1.82, 2.24) is 5.32 Å². The summed E-state index contributed by atoms with van der Waals surface area (Å²) in [4.78, 5) is 22.6. The second kappa shape index (κ2) is 11.1. The first-order valence-electron chi connectivity index (χ1n) is 8.34. The Hall–Kier alpha value is -1.91. The highest BCUT2D eigenvalue weighted by molar-refractivity contribution is 7.85. The summed E-state index contributed by atoms with van der Waals surface area (Å²) in [5.74, 6) is -7.71. The van der Waals surface area contributed by atoms with Crippen LogP contribution >= 0.6 is 0 Å². The number of ether oxygens (including phenoxy) is 2. The smallest absolute Gasteiger partial charge is 0.431 e. The number of nitrogens with one attached hydrogen (secondary N) is 1. The van der Waals surface area contributed by atoms with E-state index in [1.165, 1.54) is 0 Å². The highest BCUT2D eigenvalue weighted by Gasteiger charge is 2.56. The van der Waals surface area contributed by atoms with Gasteiger partial charge in [-0.05, 0) is 12.8 Å². The molecule has 2 unspecified atom stereocenters. The zero-order valence-electron chi connectivity index (χ0n) is 15.7. The van der Waals surface area contributed by atoms with Crippen LogP contribution in [0.4, 0.5) is 39.9 Å². The lowest BCUT2D eigenvalue weighted by Gasteiger charge is -2.25. The van der Waals surface area contributed by atoms with Crippen LogP contribution < -0.4 is 5.32 Å². The van der Waals surface area contributed by atoms with Crippen LogP contribution in [0, 0.1) is 0 Å². The van der Waals surface area contributed by atoms with Crippen molar-refractivity contribution in [3.05, 3.63) is 0 Å². The first-order chi connectivity index (χ1) is 13.7. The number of amides is 1. The molecule has 1 amide bonds. The molecule has 2 atom stereocenters. The second-order valence-corrected chi connectivity index (χ2v) is 7.79. The van der Waals surface area contributed by atoms with Gasteiger partial charge in [-0.2, -0.15) is 34.8 Å². The molecule has 0 aliphatic carbocycles. The van der Waals surface area contributed by atoms with E-state index in [4.69, 9.17) is 4.55 Å². The maximum absolute atomic E-state index is 12.9. The minimum atomic E-state index is -5.51. The first-order valence-corrected chi connectivity index (χ1v) is 9.94. The molecule has 8 nitrogen and oxygen atoms in total. The van der Waals surface area contributed by atoms with Crippen molar-refractivity contribution in [3.8, 4) is 0 Å². The van der Waals surface area contributed by atoms with Crippen LogP contribution in [0.15, 0.2) is 0 Å². The molecule has 0 bridgehead atoms. The largest absolute Gasteiger partial charge is 0.451 e. The molecule has 0 aromatic carbocycles. The van der Waals surface area contributed by atoms with Crippen molar-refractivity contribution in [2.75, 3.05) is 12.3 Å². The molecule has 0 aromatic heterocycles. The minimum absolute atomic E-state index is 0.0186. The maximum Gasteiger partial charge on any atom is 0.431 e. The summed E-state index contributed by atoms with van der Waals surface area (Å²) >= 11 is 0. The standard InChI is InChI=1S/C14H19F8NO7S/c1-12(15,16)10(14(20,21)22)30-11(25)23-6-4-2-3-5-9(24)29-8(13(17,18)19)7-31(26,27)28/h8,10H,2-7H2,1H3,(H,23,25)(H,26,27,28). The van der Waals surface area contributed by atoms with Gasteiger partial charge in [0.15, 0.2) is 0 Å². The van der Waals surface area contributed by atoms with Gasteiger partial charge in [0.1, 0.15) is 5.75 Å². The van der Waals surface area contributed by atoms with Crippen molar-refractivity contribution < 1.29 is 67.2 Å². The van der Waals surface area contributed by atoms with Crippen molar-refractivity contribution in [2.24, 2.45) is 0 Å². The summed E-state index contributed by atoms with van der Waals surface area (Å²) in [6.07, 6.45) is -20.0. The number of halogens is 8. The van der Waals surface area contributed by atoms with E-state index < -0.39 is 64.8 Å². The van der Waals surface area contributed by atoms with Gasteiger partial charge in [0.2, 0.25) is 6.10 Å². The normalized spacial score (nSPS) is 15.2. The molecule has 0 radical (unpaired) electrons. The van der Waals surface area contributed by atoms with E-state index >= 15 is 0 Å². The van der Waals surface area contributed by atoms with E-state index in [9.17, 15) is 53.1 Å². The molecule has 0 rings (SSSR count). The number of rotatable bonds is 11. The average molecular weight is 497 g/mol. The highest BCUT2D eigenvalue weighted by atomic mass is 32.2. The molecule has 0 saturated heterocycles. The lowest BCUT2D eigenvalue weighted by molar-refractivity contribution is -0.262. The number of esters is 1. The van der Waals surface area contributed by atoms with Gasteiger partial charge in [-0.25, -0.2) is 13.6 Å². The van der Waals surface area contributed by atoms with Crippen LogP contribution in [0.25, 0.3) is 0 Å². The van der Waals surface area contributed by atoms with Gasteiger partial charge in [-0.3, -0.25) is 9.35 Å². The molecule has 0 aromatic rings. The predicted molar refractivity (Wildman–Crippen MR) is 85.8 cm³/mol. The van der Waals surface area contributed by atoms with Crippen molar-refractivity contribution in [2.45, 2.75) is 63.1 Å². The fraction of sp³-hybridized carbons (Fsp3) is 0.857. The lowest BCUT2D eigenvalue weighted by atomic mass is 10.2. The summed E-state index contributed by atoms with van der Waals surface area (Å²) in [6, 6.07) is 0. The molecule has 17 heteroatoms. The predicted octanol–water partition coefficient (Wildman–Crippen LogP) is 3.22. The summed E-state index contributed by atoms with van der Waals surface area (Å²) in [6.45, 7) is -0.446. The van der Waals surface area contributed by atoms with E-state index in [1.54, 1.807) is 5.32 Å². The second-order valence-electron chi connectivity index (χ2n) is 6.29. The third kappa shape index (κ3) is 13.2. The van der Waals surface area contributed by atoms with Gasteiger partial charge in [0.25, 0.3) is 22.1 Å². The molecule has 0 heterocycles. The molecule has 31 heavy (non-hydrogen) atoms. The number of unbranched alkanes of at least 4 members (excludes halogenated alkanes) is 2. The molecule has 0 aliphatic rings. The van der Waals surface area contributed by atoms with Crippen LogP contribution in [0.3, 0.4) is 0 Å². The van der Waals surface area contributed by atoms with Gasteiger partial charge in [-0.1, -0.05) is 6.42 Å². The summed E-state index contributed by atoms with van der Waals surface area (Å²) < 4.78 is 138. The number of hydrogen-bond acceptors (Lipinski definition) is 6. The summed E-state index contributed by atoms with van der Waals surface area (Å²) in [5, 5.41) is 1.77. The van der Waals surface area contributed by atoms with Crippen LogP contribution in [0.1, 0.15) is 32.6 Å². The zero-order chi connectivity index (χ0) is 24.7. The topological polar surface area (TPSA) is 119 Å². The minimum Gasteiger partial charge on any atom is -0.451 e. The van der Waals surface area contributed by atoms with Gasteiger partial charge in [0, 0.05) is 19.9 Å². The van der Waals surface area contributed by atoms with Gasteiger partial charge < -0.3 is 14.8 Å². The maximum atomic E-state index is 12.9. The number of hydrogen-bond donors (Lipinski definition) is 2. The summed E-state index contributed by atoms with van der Waals surface area (Å²) in [5.41, 5.74) is 0. The molecule has 0 saturated carbocycles. The van der Waals surface area contributed by atoms with Crippen LogP contribution in [0.2, 0.25) is 0 Å². The Morgan fingerprint density at radius 3 is 1.90 bits per heavy atom. The highest BCUT2D eigenvalue weighted by Crippen LogP contribution is 2.34. The SMILES string of the molecule is CC(F)(F)C(OC(=O)NCCCCCC(=O)OC(CS(=O)(=O)O)C(F)(F)F)C(F)(F)F. The molecule has 0 aliphatic heterocycles. The number of alkyl carbamates (subject to hydrolysis) is 1. The Kier molecular flexibility index (Phi) is 10.4. The number of alkyl halides is 8. The van der Waals surface area contributed by atoms with Crippen LogP contribution in [-0.4, -0.2) is 67.8 Å². The van der Waals surface area contributed by atoms with Gasteiger partial charge >= 0.3 is 24.4 Å². The first kappa shape index (κ1) is 29.1. The third-order valence-corrected chi connectivity index (χ3v) is 4.03. The van der Waals surface area contributed by atoms with E-state index in [2.05, 4.69) is 9.47 Å². The van der Waals surface area contributed by atoms with Gasteiger partial charge in [0.05, 0.1) is 0 Å². The fourth-order valence-electron chi connectivity index (χ4n) is 1.97. The van der Waals surface area contributed by atoms with Crippen molar-refractivity contribution in [3.63, 3.8) is 0 Å². The Balaban J connectivity index is 4.32. The molecular weight excluding hydrogens is 478 g/mol. The molecule has 0 fully saturated rings. The van der Waals surface area contributed by atoms with Crippen molar-refractivity contribution >= 4 is 22.2 Å². The Morgan fingerprint density at radius 1 is 0.935 bits per heavy atom. The average Bonchev–Trinajstić information content (AvgIpc) is 2.51. The lowest BCUT2D eigenvalue weighted by Crippen LogP contribution is -2.48. The van der Waals surface area contributed by atoms with Crippen molar-refractivity contribution in [1.29, 1.82) is 0 Å². The van der Waals surface area contributed by atoms with Crippen LogP contribution in [-0.2, 0) is 24.4 Å². The molecule has 184 valence electrons. The molecular formula is C14H19F8NO7S. The monoisotopic (exact) mass is 497 g/mol. The molecule has 2 N–H and O–H groups in total. The van der Waals surface area contributed by atoms with E-state index in [1.807, 2.05) is 0 Å². The Labute approximate surface area is 171 Å². The zero-order valence-corrected chi connectivity index (χ0v) is 16.5. The number of carbonyl (C=O) groups is 2. The molecule has 0 spiro atoms. The van der Waals surface area contributed by atoms with Gasteiger partial charge in [-0.15, -0.1) is 0 Å². The Morgan fingerprint density at radius 2 is 1.48 bits per heavy atom. The fourth-order valence-corrected chi connectivity index (χ4v) is 2.61. The number of carbonyl (C=O) groups excluding carboxylic acids is 2. The van der Waals surface area contributed by atoms with E-state index in [-0.39, 0.29) is 32.7 Å². The quantitative estimate of drug-likeness (QED) is 0.195. The summed E-state index contributed by atoms with van der Waals surface area (Å²) in [7, 11) is -5.09. The third-order valence-electron chi connectivity index (χ3n) is 3.31. The Bertz CT molecular complexity index is 689. The van der Waals surface area contributed by atoms with Crippen LogP contribution in [0.5, 0.6) is 0 Å². The van der Waals surface area contributed by atoms with E-state index in [0.29, 0.717) is 0 Å².